The normalized spacial score (nSPS) is 15.7. The molecule has 27 heavy (non-hydrogen) atoms. The summed E-state index contributed by atoms with van der Waals surface area (Å²) in [6, 6.07) is 0.499. The maximum Gasteiger partial charge on any atom is 0.416 e. The number of benzene rings is 1. The summed E-state index contributed by atoms with van der Waals surface area (Å²) >= 11 is 0. The van der Waals surface area contributed by atoms with Gasteiger partial charge in [0.05, 0.1) is 23.4 Å². The van der Waals surface area contributed by atoms with E-state index in [0.717, 1.165) is 4.90 Å². The van der Waals surface area contributed by atoms with Crippen LogP contribution in [0.25, 0.3) is 0 Å². The summed E-state index contributed by atoms with van der Waals surface area (Å²) in [5.41, 5.74) is 2.17. The van der Waals surface area contributed by atoms with E-state index in [0.29, 0.717) is 6.07 Å². The molecule has 7 nitrogen and oxygen atoms in total. The molecule has 0 aromatic heterocycles. The second kappa shape index (κ2) is 7.99. The largest absolute Gasteiger partial charge is 0.465 e. The van der Waals surface area contributed by atoms with Crippen molar-refractivity contribution >= 4 is 17.7 Å². The van der Waals surface area contributed by atoms with E-state index >= 15 is 0 Å². The first-order valence-electron chi connectivity index (χ1n) is 8.11. The number of rotatable bonds is 4. The molecule has 1 heterocycles. The number of anilines is 1. The first-order chi connectivity index (χ1) is 12.6. The topological polar surface area (TPSA) is 96.1 Å². The number of hydrogen-bond donors (Lipinski definition) is 2. The lowest BCUT2D eigenvalue weighted by Crippen LogP contribution is -2.48. The van der Waals surface area contributed by atoms with Gasteiger partial charge in [-0.3, -0.25) is 4.90 Å². The number of carbonyl (C=O) groups is 2. The molecule has 3 N–H and O–H groups in total. The van der Waals surface area contributed by atoms with Crippen LogP contribution in [-0.2, 0) is 17.5 Å². The van der Waals surface area contributed by atoms with Gasteiger partial charge in [0.2, 0.25) is 0 Å². The Morgan fingerprint density at radius 1 is 1.26 bits per heavy atom. The van der Waals surface area contributed by atoms with Crippen LogP contribution in [0, 0.1) is 5.82 Å². The van der Waals surface area contributed by atoms with Crippen molar-refractivity contribution in [2.24, 2.45) is 0 Å². The third-order valence-corrected chi connectivity index (χ3v) is 4.23. The summed E-state index contributed by atoms with van der Waals surface area (Å²) in [4.78, 5) is 25.3. The number of alkyl halides is 3. The van der Waals surface area contributed by atoms with Gasteiger partial charge in [0, 0.05) is 38.3 Å². The number of nitrogen functional groups attached to an aromatic ring is 1. The molecule has 2 rings (SSSR count). The van der Waals surface area contributed by atoms with Crippen LogP contribution in [0.5, 0.6) is 0 Å². The fourth-order valence-corrected chi connectivity index (χ4v) is 2.81. The molecular formula is C16H19F4N3O4. The van der Waals surface area contributed by atoms with Crippen molar-refractivity contribution in [2.75, 3.05) is 38.5 Å². The number of amides is 1. The van der Waals surface area contributed by atoms with Crippen LogP contribution in [0.1, 0.15) is 28.4 Å². The van der Waals surface area contributed by atoms with E-state index in [-0.39, 0.29) is 32.8 Å². The second-order valence-corrected chi connectivity index (χ2v) is 5.94. The van der Waals surface area contributed by atoms with E-state index in [2.05, 4.69) is 4.74 Å². The summed E-state index contributed by atoms with van der Waals surface area (Å²) in [5, 5.41) is 8.91. The second-order valence-electron chi connectivity index (χ2n) is 5.94. The number of ether oxygens (including phenoxy) is 1. The Bertz CT molecular complexity index is 731. The third-order valence-electron chi connectivity index (χ3n) is 4.23. The average Bonchev–Trinajstić information content (AvgIpc) is 2.58. The Morgan fingerprint density at radius 3 is 2.33 bits per heavy atom. The van der Waals surface area contributed by atoms with Crippen molar-refractivity contribution in [2.45, 2.75) is 19.6 Å². The summed E-state index contributed by atoms with van der Waals surface area (Å²) in [6.45, 7) is 1.41. The van der Waals surface area contributed by atoms with Gasteiger partial charge in [-0.25, -0.2) is 14.0 Å². The number of piperazine rings is 1. The van der Waals surface area contributed by atoms with E-state index in [1.807, 2.05) is 0 Å². The Hall–Kier alpha value is -2.56. The first-order valence-corrected chi connectivity index (χ1v) is 8.11. The van der Waals surface area contributed by atoms with Crippen molar-refractivity contribution in [3.05, 3.63) is 28.6 Å². The molecule has 0 bridgehead atoms. The monoisotopic (exact) mass is 393 g/mol. The van der Waals surface area contributed by atoms with Crippen LogP contribution in [0.4, 0.5) is 28.0 Å². The van der Waals surface area contributed by atoms with E-state index in [4.69, 9.17) is 10.8 Å². The Morgan fingerprint density at radius 2 is 1.85 bits per heavy atom. The van der Waals surface area contributed by atoms with Gasteiger partial charge in [0.25, 0.3) is 0 Å². The van der Waals surface area contributed by atoms with Gasteiger partial charge >= 0.3 is 18.2 Å². The molecule has 1 saturated heterocycles. The van der Waals surface area contributed by atoms with Crippen LogP contribution in [0.15, 0.2) is 6.07 Å². The van der Waals surface area contributed by atoms with Gasteiger partial charge in [-0.2, -0.15) is 13.2 Å². The van der Waals surface area contributed by atoms with Crippen molar-refractivity contribution in [1.82, 2.24) is 9.80 Å². The molecule has 1 aromatic rings. The van der Waals surface area contributed by atoms with E-state index in [1.165, 1.54) is 11.8 Å². The fraction of sp³-hybridized carbons (Fsp3) is 0.500. The Labute approximate surface area is 152 Å². The zero-order valence-corrected chi connectivity index (χ0v) is 14.5. The number of halogens is 4. The number of carbonyl (C=O) groups excluding carboxylic acids is 1. The molecule has 0 atom stereocenters. The highest BCUT2D eigenvalue weighted by molar-refractivity contribution is 5.95. The smallest absolute Gasteiger partial charge is 0.416 e. The molecule has 0 saturated carbocycles. The summed E-state index contributed by atoms with van der Waals surface area (Å²) in [6.07, 6.45) is -6.03. The number of carboxylic acid groups (broad SMARTS) is 1. The number of nitrogens with zero attached hydrogens (tertiary/aromatic N) is 2. The molecule has 0 unspecified atom stereocenters. The maximum absolute atomic E-state index is 14.6. The fourth-order valence-electron chi connectivity index (χ4n) is 2.81. The summed E-state index contributed by atoms with van der Waals surface area (Å²) in [5.74, 6) is -2.46. The van der Waals surface area contributed by atoms with Crippen molar-refractivity contribution in [3.8, 4) is 0 Å². The lowest BCUT2D eigenvalue weighted by atomic mass is 9.99. The number of nitrogens with two attached hydrogens (primary N) is 1. The number of esters is 1. The molecule has 1 amide bonds. The van der Waals surface area contributed by atoms with Crippen LogP contribution >= 0.6 is 0 Å². The van der Waals surface area contributed by atoms with Gasteiger partial charge in [0.1, 0.15) is 0 Å². The highest BCUT2D eigenvalue weighted by atomic mass is 19.4. The minimum absolute atomic E-state index is 0.0920. The predicted molar refractivity (Wildman–Crippen MR) is 86.6 cm³/mol. The van der Waals surface area contributed by atoms with Gasteiger partial charge < -0.3 is 20.5 Å². The van der Waals surface area contributed by atoms with Crippen molar-refractivity contribution < 1.29 is 37.0 Å². The lowest BCUT2D eigenvalue weighted by Gasteiger charge is -2.33. The van der Waals surface area contributed by atoms with Crippen LogP contribution in [-0.4, -0.2) is 59.8 Å². The van der Waals surface area contributed by atoms with Gasteiger partial charge in [-0.15, -0.1) is 0 Å². The van der Waals surface area contributed by atoms with Crippen LogP contribution in [0.2, 0.25) is 0 Å². The quantitative estimate of drug-likeness (QED) is 0.463. The summed E-state index contributed by atoms with van der Waals surface area (Å²) < 4.78 is 59.6. The van der Waals surface area contributed by atoms with Crippen LogP contribution in [0.3, 0.4) is 0 Å². The third kappa shape index (κ3) is 4.59. The average molecular weight is 393 g/mol. The molecule has 1 aromatic carbocycles. The van der Waals surface area contributed by atoms with Gasteiger partial charge in [-0.05, 0) is 13.0 Å². The highest BCUT2D eigenvalue weighted by Crippen LogP contribution is 2.37. The first kappa shape index (κ1) is 20.7. The van der Waals surface area contributed by atoms with E-state index in [1.54, 1.807) is 0 Å². The standard InChI is InChI=1S/C16H19F4N3O4/c1-2-27-14(24)9-7-11(16(18,19)20)10(12(17)13(9)21)8-22-3-5-23(6-4-22)15(25)26/h7H,2-6,8,21H2,1H3,(H,25,26). The molecule has 1 fully saturated rings. The molecule has 150 valence electrons. The molecule has 1 aliphatic rings. The van der Waals surface area contributed by atoms with E-state index < -0.39 is 53.0 Å². The van der Waals surface area contributed by atoms with E-state index in [9.17, 15) is 27.2 Å². The lowest BCUT2D eigenvalue weighted by molar-refractivity contribution is -0.138. The van der Waals surface area contributed by atoms with Crippen LogP contribution < -0.4 is 5.73 Å². The minimum Gasteiger partial charge on any atom is -0.465 e. The molecule has 0 radical (unpaired) electrons. The molecular weight excluding hydrogens is 374 g/mol. The number of hydrogen-bond acceptors (Lipinski definition) is 5. The molecule has 1 aliphatic heterocycles. The molecule has 11 heteroatoms. The zero-order chi connectivity index (χ0) is 20.4. The van der Waals surface area contributed by atoms with Gasteiger partial charge in [0.15, 0.2) is 5.82 Å². The molecule has 0 aliphatic carbocycles. The predicted octanol–water partition coefficient (Wildman–Crippen LogP) is 2.40. The Balaban J connectivity index is 2.36. The van der Waals surface area contributed by atoms with Crippen molar-refractivity contribution in [1.29, 1.82) is 0 Å². The Kier molecular flexibility index (Phi) is 6.14. The van der Waals surface area contributed by atoms with Crippen molar-refractivity contribution in [3.63, 3.8) is 0 Å². The summed E-state index contributed by atoms with van der Waals surface area (Å²) in [7, 11) is 0. The highest BCUT2D eigenvalue weighted by Gasteiger charge is 2.38. The molecule has 0 spiro atoms. The minimum atomic E-state index is -4.91. The maximum atomic E-state index is 14.6. The zero-order valence-electron chi connectivity index (χ0n) is 14.5. The van der Waals surface area contributed by atoms with Gasteiger partial charge in [-0.1, -0.05) is 0 Å². The SMILES string of the molecule is CCOC(=O)c1cc(C(F)(F)F)c(CN2CCN(C(=O)O)CC2)c(F)c1N.